The first-order valence-electron chi connectivity index (χ1n) is 4.67. The van der Waals surface area contributed by atoms with Crippen molar-refractivity contribution in [3.8, 4) is 0 Å². The second-order valence-electron chi connectivity index (χ2n) is 4.52. The molecule has 15 heavy (non-hydrogen) atoms. The first-order valence-corrected chi connectivity index (χ1v) is 4.67. The molecular weight excluding hydrogens is 208 g/mol. The summed E-state index contributed by atoms with van der Waals surface area (Å²) in [5, 5.41) is 18.2. The SMILES string of the molecule is CCCC(C(=O)O)(C(=O)O)C(C)(C)C.[MgH2]. The Morgan fingerprint density at radius 1 is 1.07 bits per heavy atom. The maximum Gasteiger partial charge on any atom is 0.321 e. The Hall–Kier alpha value is -0.294. The Bertz CT molecular complexity index is 228. The van der Waals surface area contributed by atoms with Gasteiger partial charge in [0, 0.05) is 0 Å². The standard InChI is InChI=1S/C10H18O4.Mg.2H/c1-5-6-10(7(11)12,8(13)14)9(2,3)4;;;/h5-6H2,1-4H3,(H,11,12)(H,13,14);;;. The fourth-order valence-corrected chi connectivity index (χ4v) is 1.70. The lowest BCUT2D eigenvalue weighted by Crippen LogP contribution is -2.49. The van der Waals surface area contributed by atoms with E-state index >= 15 is 0 Å². The minimum absolute atomic E-state index is 0. The van der Waals surface area contributed by atoms with Crippen LogP contribution in [0.15, 0.2) is 0 Å². The largest absolute Gasteiger partial charge is 0.480 e. The lowest BCUT2D eigenvalue weighted by atomic mass is 9.64. The van der Waals surface area contributed by atoms with E-state index in [1.807, 2.05) is 0 Å². The number of aliphatic carboxylic acids is 2. The Morgan fingerprint density at radius 3 is 1.47 bits per heavy atom. The van der Waals surface area contributed by atoms with Crippen molar-refractivity contribution < 1.29 is 19.8 Å². The van der Waals surface area contributed by atoms with Gasteiger partial charge in [0.05, 0.1) is 0 Å². The van der Waals surface area contributed by atoms with Crippen molar-refractivity contribution in [2.24, 2.45) is 10.8 Å². The average molecular weight is 229 g/mol. The van der Waals surface area contributed by atoms with Crippen LogP contribution in [0.2, 0.25) is 0 Å². The maximum atomic E-state index is 11.1. The highest BCUT2D eigenvalue weighted by Gasteiger charge is 2.54. The molecule has 0 rings (SSSR count). The molecule has 0 atom stereocenters. The summed E-state index contributed by atoms with van der Waals surface area (Å²) >= 11 is 0. The lowest BCUT2D eigenvalue weighted by molar-refractivity contribution is -0.174. The molecular formula is C10H20MgO4. The molecule has 0 unspecified atom stereocenters. The van der Waals surface area contributed by atoms with Gasteiger partial charge in [-0.3, -0.25) is 9.59 Å². The topological polar surface area (TPSA) is 74.6 Å². The fraction of sp³-hybridized carbons (Fsp3) is 0.800. The van der Waals surface area contributed by atoms with E-state index in [-0.39, 0.29) is 29.5 Å². The van der Waals surface area contributed by atoms with Crippen LogP contribution in [-0.2, 0) is 9.59 Å². The second-order valence-corrected chi connectivity index (χ2v) is 4.52. The summed E-state index contributed by atoms with van der Waals surface area (Å²) in [5.74, 6) is -2.50. The van der Waals surface area contributed by atoms with Gasteiger partial charge in [-0.2, -0.15) is 0 Å². The first-order chi connectivity index (χ1) is 6.20. The number of rotatable bonds is 4. The van der Waals surface area contributed by atoms with Crippen molar-refractivity contribution in [3.63, 3.8) is 0 Å². The number of carboxylic acid groups (broad SMARTS) is 2. The molecule has 5 heteroatoms. The smallest absolute Gasteiger partial charge is 0.321 e. The fourth-order valence-electron chi connectivity index (χ4n) is 1.70. The maximum absolute atomic E-state index is 11.1. The van der Waals surface area contributed by atoms with E-state index in [1.54, 1.807) is 27.7 Å². The van der Waals surface area contributed by atoms with Crippen LogP contribution in [0, 0.1) is 10.8 Å². The number of carboxylic acids is 2. The van der Waals surface area contributed by atoms with Crippen molar-refractivity contribution >= 4 is 35.0 Å². The van der Waals surface area contributed by atoms with Crippen LogP contribution < -0.4 is 0 Å². The van der Waals surface area contributed by atoms with Gasteiger partial charge in [-0.05, 0) is 11.8 Å². The molecule has 0 saturated heterocycles. The number of carbonyl (C=O) groups is 2. The number of hydrogen-bond donors (Lipinski definition) is 2. The predicted octanol–water partition coefficient (Wildman–Crippen LogP) is 1.07. The number of hydrogen-bond acceptors (Lipinski definition) is 2. The summed E-state index contributed by atoms with van der Waals surface area (Å²) < 4.78 is 0. The molecule has 0 aliphatic heterocycles. The van der Waals surface area contributed by atoms with Gasteiger partial charge in [0.2, 0.25) is 0 Å². The van der Waals surface area contributed by atoms with Crippen molar-refractivity contribution in [1.82, 2.24) is 0 Å². The molecule has 0 radical (unpaired) electrons. The van der Waals surface area contributed by atoms with Crippen LogP contribution in [0.3, 0.4) is 0 Å². The third kappa shape index (κ3) is 3.08. The van der Waals surface area contributed by atoms with Gasteiger partial charge in [0.1, 0.15) is 0 Å². The zero-order valence-electron chi connectivity index (χ0n) is 9.13. The van der Waals surface area contributed by atoms with Gasteiger partial charge in [-0.15, -0.1) is 0 Å². The Balaban J connectivity index is 0. The van der Waals surface area contributed by atoms with Crippen LogP contribution >= 0.6 is 0 Å². The molecule has 86 valence electrons. The molecule has 0 aliphatic carbocycles. The van der Waals surface area contributed by atoms with Crippen molar-refractivity contribution in [2.45, 2.75) is 40.5 Å². The van der Waals surface area contributed by atoms with Gasteiger partial charge in [0.15, 0.2) is 5.41 Å². The first kappa shape index (κ1) is 17.1. The average Bonchev–Trinajstić information content (AvgIpc) is 1.95. The molecule has 0 saturated carbocycles. The Labute approximate surface area is 106 Å². The molecule has 0 amide bonds. The summed E-state index contributed by atoms with van der Waals surface area (Å²) in [6.07, 6.45) is 0.692. The molecule has 0 spiro atoms. The van der Waals surface area contributed by atoms with Crippen LogP contribution in [0.4, 0.5) is 0 Å². The van der Waals surface area contributed by atoms with Gasteiger partial charge in [0.25, 0.3) is 0 Å². The van der Waals surface area contributed by atoms with E-state index < -0.39 is 22.8 Å². The summed E-state index contributed by atoms with van der Waals surface area (Å²) in [5.41, 5.74) is -2.47. The van der Waals surface area contributed by atoms with Gasteiger partial charge in [-0.1, -0.05) is 34.1 Å². The van der Waals surface area contributed by atoms with Crippen LogP contribution in [0.5, 0.6) is 0 Å². The molecule has 0 aromatic carbocycles. The summed E-state index contributed by atoms with van der Waals surface area (Å²) in [4.78, 5) is 22.2. The molecule has 0 aliphatic rings. The highest BCUT2D eigenvalue weighted by molar-refractivity contribution is 5.99. The third-order valence-electron chi connectivity index (χ3n) is 2.64. The highest BCUT2D eigenvalue weighted by atomic mass is 24.3. The zero-order chi connectivity index (χ0) is 11.6. The van der Waals surface area contributed by atoms with Gasteiger partial charge >= 0.3 is 35.0 Å². The Morgan fingerprint density at radius 2 is 1.40 bits per heavy atom. The van der Waals surface area contributed by atoms with E-state index in [1.165, 1.54) is 0 Å². The Kier molecular flexibility index (Phi) is 6.50. The predicted molar refractivity (Wildman–Crippen MR) is 60.6 cm³/mol. The second kappa shape index (κ2) is 5.70. The summed E-state index contributed by atoms with van der Waals surface area (Å²) in [6.45, 7) is 6.72. The quantitative estimate of drug-likeness (QED) is 0.558. The zero-order valence-corrected chi connectivity index (χ0v) is 9.13. The summed E-state index contributed by atoms with van der Waals surface area (Å²) in [6, 6.07) is 0. The minimum Gasteiger partial charge on any atom is -0.480 e. The molecule has 4 nitrogen and oxygen atoms in total. The lowest BCUT2D eigenvalue weighted by Gasteiger charge is -2.37. The molecule has 0 fully saturated rings. The molecule has 0 bridgehead atoms. The monoisotopic (exact) mass is 228 g/mol. The molecule has 0 aromatic rings. The molecule has 0 heterocycles. The van der Waals surface area contributed by atoms with E-state index in [9.17, 15) is 9.59 Å². The normalized spacial score (nSPS) is 11.7. The van der Waals surface area contributed by atoms with E-state index in [0.29, 0.717) is 6.42 Å². The van der Waals surface area contributed by atoms with Crippen LogP contribution in [0.1, 0.15) is 40.5 Å². The minimum atomic E-state index is -1.68. The highest BCUT2D eigenvalue weighted by Crippen LogP contribution is 2.43. The van der Waals surface area contributed by atoms with E-state index in [2.05, 4.69) is 0 Å². The van der Waals surface area contributed by atoms with Gasteiger partial charge < -0.3 is 10.2 Å². The molecule has 2 N–H and O–H groups in total. The van der Waals surface area contributed by atoms with Crippen LogP contribution in [0.25, 0.3) is 0 Å². The van der Waals surface area contributed by atoms with Crippen molar-refractivity contribution in [2.75, 3.05) is 0 Å². The van der Waals surface area contributed by atoms with Crippen molar-refractivity contribution in [3.05, 3.63) is 0 Å². The third-order valence-corrected chi connectivity index (χ3v) is 2.64. The van der Waals surface area contributed by atoms with Crippen LogP contribution in [-0.4, -0.2) is 45.2 Å². The van der Waals surface area contributed by atoms with E-state index in [4.69, 9.17) is 10.2 Å². The molecule has 0 aromatic heterocycles. The van der Waals surface area contributed by atoms with Crippen molar-refractivity contribution in [1.29, 1.82) is 0 Å². The summed E-state index contributed by atoms with van der Waals surface area (Å²) in [7, 11) is 0. The van der Waals surface area contributed by atoms with Gasteiger partial charge in [-0.25, -0.2) is 0 Å². The van der Waals surface area contributed by atoms with E-state index in [0.717, 1.165) is 0 Å².